The van der Waals surface area contributed by atoms with Gasteiger partial charge in [-0.05, 0) is 31.0 Å². The first-order valence-corrected chi connectivity index (χ1v) is 4.77. The second kappa shape index (κ2) is 4.84. The van der Waals surface area contributed by atoms with E-state index < -0.39 is 0 Å². The zero-order valence-corrected chi connectivity index (χ0v) is 8.91. The number of benzene rings is 1. The van der Waals surface area contributed by atoms with Crippen LogP contribution in [0.15, 0.2) is 18.2 Å². The fourth-order valence-electron chi connectivity index (χ4n) is 1.43. The van der Waals surface area contributed by atoms with E-state index in [-0.39, 0.29) is 24.6 Å². The number of ketones is 2. The van der Waals surface area contributed by atoms with Crippen LogP contribution >= 0.6 is 0 Å². The van der Waals surface area contributed by atoms with Crippen molar-refractivity contribution in [2.75, 3.05) is 0 Å². The molecule has 3 nitrogen and oxygen atoms in total. The highest BCUT2D eigenvalue weighted by molar-refractivity contribution is 5.94. The van der Waals surface area contributed by atoms with Gasteiger partial charge in [-0.2, -0.15) is 0 Å². The molecular formula is C12H14O3. The average molecular weight is 206 g/mol. The monoisotopic (exact) mass is 206 g/mol. The van der Waals surface area contributed by atoms with Crippen LogP contribution in [-0.4, -0.2) is 16.7 Å². The number of aliphatic hydroxyl groups is 1. The van der Waals surface area contributed by atoms with E-state index in [2.05, 4.69) is 0 Å². The first kappa shape index (κ1) is 11.6. The summed E-state index contributed by atoms with van der Waals surface area (Å²) in [5.41, 5.74) is 2.01. The van der Waals surface area contributed by atoms with Crippen LogP contribution in [0.5, 0.6) is 0 Å². The van der Waals surface area contributed by atoms with Crippen LogP contribution in [0.2, 0.25) is 0 Å². The molecule has 0 heterocycles. The summed E-state index contributed by atoms with van der Waals surface area (Å²) in [4.78, 5) is 22.1. The van der Waals surface area contributed by atoms with Crippen molar-refractivity contribution in [3.8, 4) is 0 Å². The van der Waals surface area contributed by atoms with Crippen molar-refractivity contribution < 1.29 is 14.7 Å². The van der Waals surface area contributed by atoms with Crippen molar-refractivity contribution in [3.05, 3.63) is 34.9 Å². The Balaban J connectivity index is 3.12. The molecule has 80 valence electrons. The van der Waals surface area contributed by atoms with Gasteiger partial charge in [0, 0.05) is 12.0 Å². The molecule has 0 fully saturated rings. The van der Waals surface area contributed by atoms with Crippen molar-refractivity contribution in [3.63, 3.8) is 0 Å². The van der Waals surface area contributed by atoms with Gasteiger partial charge in [0.05, 0.1) is 6.61 Å². The Hall–Kier alpha value is -1.48. The second-order valence-corrected chi connectivity index (χ2v) is 3.58. The number of rotatable bonds is 4. The highest BCUT2D eigenvalue weighted by atomic mass is 16.3. The van der Waals surface area contributed by atoms with E-state index in [1.165, 1.54) is 13.8 Å². The van der Waals surface area contributed by atoms with Crippen molar-refractivity contribution in [1.29, 1.82) is 0 Å². The van der Waals surface area contributed by atoms with E-state index in [9.17, 15) is 9.59 Å². The smallest absolute Gasteiger partial charge is 0.159 e. The molecular weight excluding hydrogens is 192 g/mol. The normalized spacial score (nSPS) is 10.1. The van der Waals surface area contributed by atoms with Crippen molar-refractivity contribution in [2.24, 2.45) is 0 Å². The van der Waals surface area contributed by atoms with Crippen LogP contribution in [0.3, 0.4) is 0 Å². The van der Waals surface area contributed by atoms with Crippen molar-refractivity contribution in [1.82, 2.24) is 0 Å². The summed E-state index contributed by atoms with van der Waals surface area (Å²) >= 11 is 0. The molecule has 0 aromatic heterocycles. The maximum absolute atomic E-state index is 11.1. The van der Waals surface area contributed by atoms with Gasteiger partial charge in [0.25, 0.3) is 0 Å². The minimum Gasteiger partial charge on any atom is -0.392 e. The highest BCUT2D eigenvalue weighted by Crippen LogP contribution is 2.14. The Bertz CT molecular complexity index is 394. The Kier molecular flexibility index (Phi) is 3.74. The van der Waals surface area contributed by atoms with Gasteiger partial charge in [0.2, 0.25) is 0 Å². The Morgan fingerprint density at radius 2 is 1.87 bits per heavy atom. The van der Waals surface area contributed by atoms with Crippen LogP contribution in [0.4, 0.5) is 0 Å². The molecule has 1 aromatic carbocycles. The maximum Gasteiger partial charge on any atom is 0.159 e. The zero-order chi connectivity index (χ0) is 11.4. The van der Waals surface area contributed by atoms with E-state index in [1.54, 1.807) is 18.2 Å². The largest absolute Gasteiger partial charge is 0.392 e. The van der Waals surface area contributed by atoms with Gasteiger partial charge in [-0.25, -0.2) is 0 Å². The lowest BCUT2D eigenvalue weighted by molar-refractivity contribution is -0.116. The standard InChI is InChI=1S/C12H14O3/c1-8(14)5-12-6-10(9(2)15)3-4-11(12)7-13/h3-4,6,13H,5,7H2,1-2H3. The van der Waals surface area contributed by atoms with E-state index in [4.69, 9.17) is 5.11 Å². The Labute approximate surface area is 88.7 Å². The molecule has 0 bridgehead atoms. The Morgan fingerprint density at radius 1 is 1.20 bits per heavy atom. The number of hydrogen-bond donors (Lipinski definition) is 1. The van der Waals surface area contributed by atoms with E-state index >= 15 is 0 Å². The lowest BCUT2D eigenvalue weighted by atomic mass is 9.99. The van der Waals surface area contributed by atoms with Crippen LogP contribution in [0.1, 0.15) is 35.3 Å². The molecule has 1 rings (SSSR count). The fourth-order valence-corrected chi connectivity index (χ4v) is 1.43. The van der Waals surface area contributed by atoms with Crippen LogP contribution < -0.4 is 0 Å². The zero-order valence-electron chi connectivity index (χ0n) is 8.91. The molecule has 0 unspecified atom stereocenters. The predicted octanol–water partition coefficient (Wildman–Crippen LogP) is 1.51. The maximum atomic E-state index is 11.1. The SMILES string of the molecule is CC(=O)Cc1cc(C(C)=O)ccc1CO. The summed E-state index contributed by atoms with van der Waals surface area (Å²) in [6.45, 7) is 2.86. The minimum atomic E-state index is -0.110. The van der Waals surface area contributed by atoms with Crippen LogP contribution in [0.25, 0.3) is 0 Å². The Morgan fingerprint density at radius 3 is 2.33 bits per heavy atom. The molecule has 15 heavy (non-hydrogen) atoms. The lowest BCUT2D eigenvalue weighted by Gasteiger charge is -2.07. The van der Waals surface area contributed by atoms with E-state index in [0.717, 1.165) is 5.56 Å². The molecule has 1 aromatic rings. The lowest BCUT2D eigenvalue weighted by Crippen LogP contribution is -2.03. The molecule has 0 amide bonds. The summed E-state index contributed by atoms with van der Waals surface area (Å²) in [5, 5.41) is 9.06. The second-order valence-electron chi connectivity index (χ2n) is 3.58. The first-order chi connectivity index (χ1) is 7.04. The third-order valence-corrected chi connectivity index (χ3v) is 2.22. The molecule has 0 aliphatic rings. The summed E-state index contributed by atoms with van der Waals surface area (Å²) in [6.07, 6.45) is 0.261. The van der Waals surface area contributed by atoms with Gasteiger partial charge in [-0.3, -0.25) is 9.59 Å². The first-order valence-electron chi connectivity index (χ1n) is 4.77. The van der Waals surface area contributed by atoms with Crippen LogP contribution in [0, 0.1) is 0 Å². The summed E-state index contributed by atoms with van der Waals surface area (Å²) in [5.74, 6) is -0.0188. The van der Waals surface area contributed by atoms with Gasteiger partial charge < -0.3 is 5.11 Å². The number of aliphatic hydroxyl groups excluding tert-OH is 1. The molecule has 0 aliphatic heterocycles. The van der Waals surface area contributed by atoms with E-state index in [0.29, 0.717) is 11.1 Å². The number of carbonyl (C=O) groups excluding carboxylic acids is 2. The third-order valence-electron chi connectivity index (χ3n) is 2.22. The number of hydrogen-bond acceptors (Lipinski definition) is 3. The van der Waals surface area contributed by atoms with Gasteiger partial charge in [-0.1, -0.05) is 12.1 Å². The number of Topliss-reactive ketones (excluding diaryl/α,β-unsaturated/α-hetero) is 2. The fraction of sp³-hybridized carbons (Fsp3) is 0.333. The van der Waals surface area contributed by atoms with Gasteiger partial charge in [0.15, 0.2) is 5.78 Å². The molecule has 1 N–H and O–H groups in total. The molecule has 3 heteroatoms. The number of carbonyl (C=O) groups is 2. The molecule has 0 saturated carbocycles. The van der Waals surface area contributed by atoms with Gasteiger partial charge in [0.1, 0.15) is 5.78 Å². The molecule has 0 aliphatic carbocycles. The summed E-state index contributed by atoms with van der Waals surface area (Å²) in [6, 6.07) is 5.03. The van der Waals surface area contributed by atoms with Crippen LogP contribution in [-0.2, 0) is 17.8 Å². The summed E-state index contributed by atoms with van der Waals surface area (Å²) < 4.78 is 0. The van der Waals surface area contributed by atoms with Gasteiger partial charge in [-0.15, -0.1) is 0 Å². The van der Waals surface area contributed by atoms with Gasteiger partial charge >= 0.3 is 0 Å². The molecule has 0 spiro atoms. The predicted molar refractivity (Wildman–Crippen MR) is 56.8 cm³/mol. The highest BCUT2D eigenvalue weighted by Gasteiger charge is 2.07. The molecule has 0 atom stereocenters. The van der Waals surface area contributed by atoms with Crippen molar-refractivity contribution in [2.45, 2.75) is 26.9 Å². The third kappa shape index (κ3) is 2.99. The average Bonchev–Trinajstić information content (AvgIpc) is 2.16. The summed E-state index contributed by atoms with van der Waals surface area (Å²) in [7, 11) is 0. The van der Waals surface area contributed by atoms with E-state index in [1.807, 2.05) is 0 Å². The quantitative estimate of drug-likeness (QED) is 0.760. The van der Waals surface area contributed by atoms with Crippen molar-refractivity contribution >= 4 is 11.6 Å². The molecule has 0 saturated heterocycles. The minimum absolute atomic E-state index is 0.0189. The molecule has 0 radical (unpaired) electrons. The topological polar surface area (TPSA) is 54.4 Å².